The van der Waals surface area contributed by atoms with E-state index in [1.165, 1.54) is 25.7 Å². The van der Waals surface area contributed by atoms with E-state index in [0.29, 0.717) is 18.5 Å². The van der Waals surface area contributed by atoms with E-state index < -0.39 is 0 Å². The highest BCUT2D eigenvalue weighted by Crippen LogP contribution is 2.29. The molecule has 0 N–H and O–H groups in total. The summed E-state index contributed by atoms with van der Waals surface area (Å²) in [5, 5.41) is 0.987. The quantitative estimate of drug-likeness (QED) is 0.795. The van der Waals surface area contributed by atoms with Crippen LogP contribution in [0, 0.1) is 6.92 Å². The van der Waals surface area contributed by atoms with Gasteiger partial charge in [-0.1, -0.05) is 28.8 Å². The first-order chi connectivity index (χ1) is 9.27. The van der Waals surface area contributed by atoms with E-state index in [1.807, 2.05) is 6.92 Å². The second-order valence-electron chi connectivity index (χ2n) is 4.91. The molecule has 0 saturated carbocycles. The molecule has 1 aromatic rings. The van der Waals surface area contributed by atoms with Gasteiger partial charge in [-0.05, 0) is 26.7 Å². The Hall–Kier alpha value is -0.840. The molecule has 0 aromatic carbocycles. The zero-order chi connectivity index (χ0) is 13.7. The summed E-state index contributed by atoms with van der Waals surface area (Å²) in [6.45, 7) is 5.74. The molecule has 1 fully saturated rings. The Balaban J connectivity index is 2.30. The molecule has 1 unspecified atom stereocenters. The van der Waals surface area contributed by atoms with Crippen molar-refractivity contribution in [2.24, 2.45) is 0 Å². The zero-order valence-corrected chi connectivity index (χ0v) is 13.3. The lowest BCUT2D eigenvalue weighted by atomic mass is 10.1. The Morgan fingerprint density at radius 2 is 2.21 bits per heavy atom. The molecule has 4 nitrogen and oxygen atoms in total. The smallest absolute Gasteiger partial charge is 0.221 e. The van der Waals surface area contributed by atoms with E-state index in [2.05, 4.69) is 37.7 Å². The van der Waals surface area contributed by atoms with Crippen molar-refractivity contribution in [2.75, 3.05) is 23.4 Å². The molecule has 1 aliphatic heterocycles. The standard InChI is InChI=1S/C14H22BrN3O/c1-3-19-14-11(2)13(16-10-17-14)18-8-6-4-5-7-12(18)9-15/h10,12H,3-9H2,1-2H3. The van der Waals surface area contributed by atoms with Crippen LogP contribution in [-0.4, -0.2) is 34.5 Å². The number of alkyl halides is 1. The molecule has 1 saturated heterocycles. The van der Waals surface area contributed by atoms with Gasteiger partial charge in [-0.25, -0.2) is 9.97 Å². The molecule has 1 aliphatic rings. The van der Waals surface area contributed by atoms with Gasteiger partial charge in [0.2, 0.25) is 5.88 Å². The van der Waals surface area contributed by atoms with Gasteiger partial charge in [0.1, 0.15) is 12.1 Å². The lowest BCUT2D eigenvalue weighted by Crippen LogP contribution is -2.37. The summed E-state index contributed by atoms with van der Waals surface area (Å²) >= 11 is 3.64. The van der Waals surface area contributed by atoms with Gasteiger partial charge >= 0.3 is 0 Å². The van der Waals surface area contributed by atoms with Gasteiger partial charge in [0.25, 0.3) is 0 Å². The summed E-state index contributed by atoms with van der Waals surface area (Å²) < 4.78 is 5.58. The fourth-order valence-corrected chi connectivity index (χ4v) is 3.29. The first-order valence-corrected chi connectivity index (χ1v) is 8.17. The van der Waals surface area contributed by atoms with E-state index in [-0.39, 0.29) is 0 Å². The predicted octanol–water partition coefficient (Wildman–Crippen LogP) is 3.33. The maximum Gasteiger partial charge on any atom is 0.221 e. The second kappa shape index (κ2) is 7.08. The molecule has 2 heterocycles. The number of anilines is 1. The molecule has 0 radical (unpaired) electrons. The molecule has 19 heavy (non-hydrogen) atoms. The normalized spacial score (nSPS) is 20.2. The summed E-state index contributed by atoms with van der Waals surface area (Å²) in [4.78, 5) is 11.1. The van der Waals surface area contributed by atoms with Crippen LogP contribution in [0.1, 0.15) is 38.2 Å². The Labute approximate surface area is 123 Å². The first kappa shape index (κ1) is 14.6. The van der Waals surface area contributed by atoms with Gasteiger partial charge < -0.3 is 9.64 Å². The molecule has 106 valence electrons. The van der Waals surface area contributed by atoms with Gasteiger partial charge in [0.15, 0.2) is 0 Å². The summed E-state index contributed by atoms with van der Waals surface area (Å²) in [7, 11) is 0. The van der Waals surface area contributed by atoms with Crippen LogP contribution in [0.5, 0.6) is 5.88 Å². The Morgan fingerprint density at radius 1 is 1.37 bits per heavy atom. The number of halogens is 1. The third-order valence-electron chi connectivity index (χ3n) is 3.62. The zero-order valence-electron chi connectivity index (χ0n) is 11.7. The van der Waals surface area contributed by atoms with Crippen molar-refractivity contribution in [3.05, 3.63) is 11.9 Å². The average Bonchev–Trinajstić information content (AvgIpc) is 2.66. The van der Waals surface area contributed by atoms with Crippen molar-refractivity contribution in [3.8, 4) is 5.88 Å². The molecular weight excluding hydrogens is 306 g/mol. The lowest BCUT2D eigenvalue weighted by Gasteiger charge is -2.31. The number of ether oxygens (including phenoxy) is 1. The summed E-state index contributed by atoms with van der Waals surface area (Å²) in [6, 6.07) is 0.519. The minimum Gasteiger partial charge on any atom is -0.478 e. The van der Waals surface area contributed by atoms with Gasteiger partial charge in [0.05, 0.1) is 12.2 Å². The maximum absolute atomic E-state index is 5.58. The third kappa shape index (κ3) is 3.38. The second-order valence-corrected chi connectivity index (χ2v) is 5.56. The van der Waals surface area contributed by atoms with Crippen molar-refractivity contribution in [1.29, 1.82) is 0 Å². The highest BCUT2D eigenvalue weighted by atomic mass is 79.9. The number of hydrogen-bond acceptors (Lipinski definition) is 4. The van der Waals surface area contributed by atoms with E-state index in [4.69, 9.17) is 4.74 Å². The van der Waals surface area contributed by atoms with Crippen molar-refractivity contribution >= 4 is 21.7 Å². The van der Waals surface area contributed by atoms with Crippen LogP contribution in [-0.2, 0) is 0 Å². The molecule has 0 amide bonds. The third-order valence-corrected chi connectivity index (χ3v) is 4.37. The molecule has 1 atom stereocenters. The van der Waals surface area contributed by atoms with Crippen LogP contribution in [0.2, 0.25) is 0 Å². The Morgan fingerprint density at radius 3 is 2.95 bits per heavy atom. The minimum atomic E-state index is 0.519. The molecule has 5 heteroatoms. The first-order valence-electron chi connectivity index (χ1n) is 7.05. The molecular formula is C14H22BrN3O. The largest absolute Gasteiger partial charge is 0.478 e. The number of nitrogens with zero attached hydrogens (tertiary/aromatic N) is 3. The molecule has 0 spiro atoms. The van der Waals surface area contributed by atoms with Crippen LogP contribution in [0.4, 0.5) is 5.82 Å². The fraction of sp³-hybridized carbons (Fsp3) is 0.714. The van der Waals surface area contributed by atoms with Crippen LogP contribution in [0.25, 0.3) is 0 Å². The van der Waals surface area contributed by atoms with Crippen molar-refractivity contribution in [3.63, 3.8) is 0 Å². The fourth-order valence-electron chi connectivity index (χ4n) is 2.61. The van der Waals surface area contributed by atoms with Gasteiger partial charge in [-0.15, -0.1) is 0 Å². The number of hydrogen-bond donors (Lipinski definition) is 0. The minimum absolute atomic E-state index is 0.519. The SMILES string of the molecule is CCOc1ncnc(N2CCCCCC2CBr)c1C. The van der Waals surface area contributed by atoms with E-state index >= 15 is 0 Å². The Kier molecular flexibility index (Phi) is 5.43. The van der Waals surface area contributed by atoms with Crippen molar-refractivity contribution in [1.82, 2.24) is 9.97 Å². The number of rotatable bonds is 4. The highest BCUT2D eigenvalue weighted by molar-refractivity contribution is 9.09. The van der Waals surface area contributed by atoms with Gasteiger partial charge in [-0.3, -0.25) is 0 Å². The monoisotopic (exact) mass is 327 g/mol. The molecule has 1 aromatic heterocycles. The molecule has 0 bridgehead atoms. The summed E-state index contributed by atoms with van der Waals surface area (Å²) in [5.74, 6) is 1.75. The van der Waals surface area contributed by atoms with Crippen molar-refractivity contribution < 1.29 is 4.74 Å². The van der Waals surface area contributed by atoms with E-state index in [0.717, 1.165) is 23.3 Å². The summed E-state index contributed by atoms with van der Waals surface area (Å²) in [6.07, 6.45) is 6.68. The summed E-state index contributed by atoms with van der Waals surface area (Å²) in [5.41, 5.74) is 1.05. The van der Waals surface area contributed by atoms with Crippen LogP contribution in [0.3, 0.4) is 0 Å². The molecule has 2 rings (SSSR count). The lowest BCUT2D eigenvalue weighted by molar-refractivity contribution is 0.323. The van der Waals surface area contributed by atoms with E-state index in [1.54, 1.807) is 6.33 Å². The maximum atomic E-state index is 5.58. The van der Waals surface area contributed by atoms with Crippen molar-refractivity contribution in [2.45, 2.75) is 45.6 Å². The highest BCUT2D eigenvalue weighted by Gasteiger charge is 2.24. The van der Waals surface area contributed by atoms with Crippen LogP contribution >= 0.6 is 15.9 Å². The Bertz CT molecular complexity index is 414. The molecule has 0 aliphatic carbocycles. The topological polar surface area (TPSA) is 38.3 Å². The van der Waals surface area contributed by atoms with Gasteiger partial charge in [0, 0.05) is 17.9 Å². The van der Waals surface area contributed by atoms with Crippen LogP contribution in [0.15, 0.2) is 6.33 Å². The number of aromatic nitrogens is 2. The van der Waals surface area contributed by atoms with E-state index in [9.17, 15) is 0 Å². The average molecular weight is 328 g/mol. The predicted molar refractivity (Wildman–Crippen MR) is 81.3 cm³/mol. The van der Waals surface area contributed by atoms with Gasteiger partial charge in [-0.2, -0.15) is 0 Å². The van der Waals surface area contributed by atoms with Crippen LogP contribution < -0.4 is 9.64 Å².